The zero-order valence-electron chi connectivity index (χ0n) is 30.6. The number of carboxylic acids is 1. The molecular formula is C42H47F3HgO6. The van der Waals surface area contributed by atoms with Crippen LogP contribution < -0.4 is 27.1 Å². The fourth-order valence-electron chi connectivity index (χ4n) is 6.16. The standard InChI is InChI=1S/C40H47O4.C2HF3O2.Hg/c1-5-21-41-37-29-13-9-14-30(37)26-32-16-11-18-34(39(32)43-23-7-3)28-36-20-12-19-35(40(36)44-24-8-4)27-33-17-10-15-31(25-29)38(33)42-22-6-2;3-2(4,5)1(6)7;/h9-19H,5-8,21-28H2,1-4H3;(H,6,7);/q;;+1/p-1. The topological polar surface area (TPSA) is 77.0 Å². The number of rotatable bonds is 12. The molecular weight excluding hydrogens is 858 g/mol. The third-order valence-electron chi connectivity index (χ3n) is 8.52. The number of carbonyl (C=O) groups is 1. The van der Waals surface area contributed by atoms with E-state index in [1.165, 1.54) is 47.6 Å². The molecule has 0 fully saturated rings. The fraction of sp³-hybridized carbons (Fsp3) is 0.405. The molecule has 10 heteroatoms. The van der Waals surface area contributed by atoms with Crippen LogP contribution in [0.2, 0.25) is 0 Å². The van der Waals surface area contributed by atoms with Crippen LogP contribution in [0.25, 0.3) is 0 Å². The number of halogens is 3. The second-order valence-electron chi connectivity index (χ2n) is 12.8. The van der Waals surface area contributed by atoms with Gasteiger partial charge in [0.25, 0.3) is 0 Å². The average Bonchev–Trinajstić information content (AvgIpc) is 3.11. The molecule has 0 amide bonds. The number of benzene rings is 4. The number of hydrogen-bond donors (Lipinski definition) is 0. The van der Waals surface area contributed by atoms with Gasteiger partial charge in [-0.15, -0.1) is 0 Å². The minimum Gasteiger partial charge on any atom is -0.542 e. The maximum absolute atomic E-state index is 10.5. The Hall–Kier alpha value is -3.72. The molecule has 0 aliphatic heterocycles. The van der Waals surface area contributed by atoms with Crippen LogP contribution in [-0.2, 0) is 56.6 Å². The van der Waals surface area contributed by atoms with Crippen LogP contribution in [0.3, 0.4) is 0 Å². The minimum absolute atomic E-state index is 0.432. The minimum atomic E-state index is -5.19. The number of aliphatic carboxylic acids is 1. The van der Waals surface area contributed by atoms with E-state index in [-0.39, 0.29) is 0 Å². The molecule has 0 aromatic heterocycles. The number of hydrogen-bond acceptors (Lipinski definition) is 6. The van der Waals surface area contributed by atoms with Gasteiger partial charge < -0.3 is 9.90 Å². The van der Waals surface area contributed by atoms with Crippen molar-refractivity contribution in [1.29, 1.82) is 0 Å². The summed E-state index contributed by atoms with van der Waals surface area (Å²) in [5.41, 5.74) is 9.74. The van der Waals surface area contributed by atoms with Crippen LogP contribution >= 0.6 is 0 Å². The number of ether oxygens (including phenoxy) is 4. The first-order valence-corrected chi connectivity index (χ1v) is 20.8. The van der Waals surface area contributed by atoms with Crippen molar-refractivity contribution in [2.24, 2.45) is 0 Å². The second kappa shape index (κ2) is 19.9. The van der Waals surface area contributed by atoms with Gasteiger partial charge in [0.05, 0.1) is 0 Å². The van der Waals surface area contributed by atoms with E-state index in [0.717, 1.165) is 74.4 Å². The maximum Gasteiger partial charge on any atom is 0.430 e. The van der Waals surface area contributed by atoms with Gasteiger partial charge in [-0.2, -0.15) is 13.2 Å². The van der Waals surface area contributed by atoms with Gasteiger partial charge in [0, 0.05) is 0 Å². The predicted molar refractivity (Wildman–Crippen MR) is 191 cm³/mol. The van der Waals surface area contributed by atoms with Gasteiger partial charge in [0.2, 0.25) is 0 Å². The molecule has 1 aliphatic carbocycles. The van der Waals surface area contributed by atoms with E-state index in [4.69, 9.17) is 28.8 Å². The Morgan fingerprint density at radius 2 is 0.846 bits per heavy atom. The first-order valence-electron chi connectivity index (χ1n) is 18.1. The smallest absolute Gasteiger partial charge is 0.430 e. The SMILES string of the molecule is CCCOc1c2cccc1Cc1cccc(c1OCCC)Cc1[c]([Hg+])ccc(c1OCCC)Cc1cccc(c1OCCC)C2.O=C([O-])C(F)(F)F. The number of para-hydroxylation sites is 3. The first-order chi connectivity index (χ1) is 25.0. The van der Waals surface area contributed by atoms with Crippen molar-refractivity contribution in [3.63, 3.8) is 0 Å². The number of carboxylic acid groups (broad SMARTS) is 1. The Balaban J connectivity index is 0.000000785. The van der Waals surface area contributed by atoms with Gasteiger partial charge in [-0.1, -0.05) is 6.92 Å². The molecule has 274 valence electrons. The summed E-state index contributed by atoms with van der Waals surface area (Å²) < 4.78 is 59.4. The Labute approximate surface area is 321 Å². The molecule has 0 heterocycles. The molecule has 0 spiro atoms. The van der Waals surface area contributed by atoms with Gasteiger partial charge in [0.15, 0.2) is 0 Å². The van der Waals surface area contributed by atoms with Crippen molar-refractivity contribution in [2.75, 3.05) is 26.4 Å². The average molecular weight is 905 g/mol. The van der Waals surface area contributed by atoms with Gasteiger partial charge in [-0.05, 0) is 0 Å². The third-order valence-corrected chi connectivity index (χ3v) is 11.1. The van der Waals surface area contributed by atoms with Gasteiger partial charge >= 0.3 is 287 Å². The zero-order valence-corrected chi connectivity index (χ0v) is 36.1. The molecule has 0 N–H and O–H groups in total. The molecule has 0 atom stereocenters. The van der Waals surface area contributed by atoms with Gasteiger partial charge in [0.1, 0.15) is 5.97 Å². The summed E-state index contributed by atoms with van der Waals surface area (Å²) in [5.74, 6) is 1.05. The summed E-state index contributed by atoms with van der Waals surface area (Å²) in [6.45, 7) is 11.4. The molecule has 0 unspecified atom stereocenters. The summed E-state index contributed by atoms with van der Waals surface area (Å²) in [6, 6.07) is 24.5. The van der Waals surface area contributed by atoms with Crippen molar-refractivity contribution in [3.8, 4) is 23.0 Å². The third kappa shape index (κ3) is 10.9. The quantitative estimate of drug-likeness (QED) is 0.118. The fourth-order valence-corrected chi connectivity index (χ4v) is 7.73. The molecule has 5 rings (SSSR count). The molecule has 0 saturated heterocycles. The summed E-state index contributed by atoms with van der Waals surface area (Å²) >= 11 is 0.432. The van der Waals surface area contributed by atoms with E-state index in [0.29, 0.717) is 52.5 Å². The molecule has 4 aromatic carbocycles. The number of carbonyl (C=O) groups excluding carboxylic acids is 1. The molecule has 1 aliphatic rings. The zero-order chi connectivity index (χ0) is 37.7. The Morgan fingerprint density at radius 3 is 1.15 bits per heavy atom. The molecule has 0 radical (unpaired) electrons. The van der Waals surface area contributed by atoms with E-state index >= 15 is 0 Å². The molecule has 4 aromatic rings. The van der Waals surface area contributed by atoms with E-state index in [9.17, 15) is 13.2 Å². The summed E-state index contributed by atoms with van der Waals surface area (Å²) in [4.78, 5) is 8.78. The summed E-state index contributed by atoms with van der Waals surface area (Å²) in [7, 11) is 0. The van der Waals surface area contributed by atoms with Crippen LogP contribution in [0.4, 0.5) is 13.2 Å². The Morgan fingerprint density at radius 1 is 0.558 bits per heavy atom. The van der Waals surface area contributed by atoms with E-state index < -0.39 is 12.1 Å². The molecule has 8 bridgehead atoms. The Bertz CT molecular complexity index is 1790. The normalized spacial score (nSPS) is 12.3. The first kappa shape index (κ1) is 41.0. The van der Waals surface area contributed by atoms with Crippen LogP contribution in [0, 0.1) is 0 Å². The summed E-state index contributed by atoms with van der Waals surface area (Å²) in [5, 5.41) is 8.78. The van der Waals surface area contributed by atoms with Gasteiger partial charge in [-0.3, -0.25) is 0 Å². The largest absolute Gasteiger partial charge is 0.542 e. The summed E-state index contributed by atoms with van der Waals surface area (Å²) in [6.07, 6.45) is 1.68. The van der Waals surface area contributed by atoms with Crippen LogP contribution in [0.5, 0.6) is 23.0 Å². The molecule has 6 nitrogen and oxygen atoms in total. The van der Waals surface area contributed by atoms with Crippen LogP contribution in [0.15, 0.2) is 66.7 Å². The Kier molecular flexibility index (Phi) is 15.7. The van der Waals surface area contributed by atoms with Crippen molar-refractivity contribution < 1.29 is 68.1 Å². The van der Waals surface area contributed by atoms with E-state index in [1.807, 2.05) is 0 Å². The predicted octanol–water partition coefficient (Wildman–Crippen LogP) is 7.99. The second-order valence-corrected chi connectivity index (χ2v) is 15.8. The van der Waals surface area contributed by atoms with E-state index in [2.05, 4.69) is 94.4 Å². The van der Waals surface area contributed by atoms with Crippen molar-refractivity contribution in [3.05, 3.63) is 111 Å². The number of fused-ring (bicyclic) bond motifs is 8. The van der Waals surface area contributed by atoms with E-state index in [1.54, 1.807) is 0 Å². The van der Waals surface area contributed by atoms with Crippen LogP contribution in [-0.4, -0.2) is 38.6 Å². The molecule has 0 saturated carbocycles. The van der Waals surface area contributed by atoms with Crippen molar-refractivity contribution in [2.45, 2.75) is 85.2 Å². The monoisotopic (exact) mass is 906 g/mol. The van der Waals surface area contributed by atoms with Crippen LogP contribution in [0.1, 0.15) is 97.9 Å². The maximum atomic E-state index is 10.5. The van der Waals surface area contributed by atoms with Gasteiger partial charge in [-0.25, -0.2) is 0 Å². The molecule has 52 heavy (non-hydrogen) atoms. The van der Waals surface area contributed by atoms with Crippen molar-refractivity contribution >= 4 is 9.04 Å². The number of alkyl halides is 3. The van der Waals surface area contributed by atoms with Crippen molar-refractivity contribution in [1.82, 2.24) is 0 Å².